The Hall–Kier alpha value is -1.20. The third-order valence-electron chi connectivity index (χ3n) is 3.90. The second-order valence-electron chi connectivity index (χ2n) is 5.37. The largest absolute Gasteiger partial charge is 0.396 e. The van der Waals surface area contributed by atoms with Crippen LogP contribution in [0.5, 0.6) is 0 Å². The van der Waals surface area contributed by atoms with Gasteiger partial charge in [-0.05, 0) is 24.8 Å². The van der Waals surface area contributed by atoms with E-state index in [4.69, 9.17) is 4.74 Å². The molecule has 106 valence electrons. The summed E-state index contributed by atoms with van der Waals surface area (Å²) in [7, 11) is 1.98. The zero-order chi connectivity index (χ0) is 13.7. The summed E-state index contributed by atoms with van der Waals surface area (Å²) in [6.45, 7) is 4.49. The molecule has 0 saturated carbocycles. The summed E-state index contributed by atoms with van der Waals surface area (Å²) in [6.07, 6.45) is 6.46. The molecule has 2 heterocycles. The number of aliphatic hydroxyl groups excluding tert-OH is 1. The molecule has 1 saturated heterocycles. The van der Waals surface area contributed by atoms with Crippen molar-refractivity contribution >= 4 is 5.95 Å². The molecule has 1 aliphatic heterocycles. The summed E-state index contributed by atoms with van der Waals surface area (Å²) in [5, 5.41) is 9.70. The molecular weight excluding hydrogens is 242 g/mol. The molecule has 0 amide bonds. The first-order chi connectivity index (χ1) is 9.19. The number of ether oxygens (including phenoxy) is 1. The van der Waals surface area contributed by atoms with Crippen molar-refractivity contribution in [2.45, 2.75) is 26.2 Å². The topological polar surface area (TPSA) is 58.5 Å². The van der Waals surface area contributed by atoms with Crippen LogP contribution in [-0.2, 0) is 11.2 Å². The van der Waals surface area contributed by atoms with Gasteiger partial charge in [0.15, 0.2) is 0 Å². The molecule has 1 N–H and O–H groups in total. The van der Waals surface area contributed by atoms with Gasteiger partial charge < -0.3 is 14.7 Å². The lowest BCUT2D eigenvalue weighted by atomic mass is 9.80. The summed E-state index contributed by atoms with van der Waals surface area (Å²) >= 11 is 0. The average Bonchev–Trinajstić information content (AvgIpc) is 2.48. The first kappa shape index (κ1) is 14.2. The van der Waals surface area contributed by atoms with E-state index in [1.54, 1.807) is 0 Å². The van der Waals surface area contributed by atoms with Crippen molar-refractivity contribution in [2.24, 2.45) is 5.41 Å². The van der Waals surface area contributed by atoms with Gasteiger partial charge in [0.2, 0.25) is 5.95 Å². The molecule has 0 unspecified atom stereocenters. The molecule has 0 aromatic carbocycles. The Morgan fingerprint density at radius 3 is 2.47 bits per heavy atom. The van der Waals surface area contributed by atoms with Gasteiger partial charge in [0.1, 0.15) is 0 Å². The van der Waals surface area contributed by atoms with Crippen LogP contribution in [0, 0.1) is 5.41 Å². The zero-order valence-corrected chi connectivity index (χ0v) is 11.8. The van der Waals surface area contributed by atoms with Gasteiger partial charge in [0, 0.05) is 44.6 Å². The maximum Gasteiger partial charge on any atom is 0.225 e. The van der Waals surface area contributed by atoms with Gasteiger partial charge in [-0.25, -0.2) is 9.97 Å². The monoisotopic (exact) mass is 265 g/mol. The molecule has 0 radical (unpaired) electrons. The van der Waals surface area contributed by atoms with E-state index in [0.29, 0.717) is 0 Å². The average molecular weight is 265 g/mol. The van der Waals surface area contributed by atoms with Crippen LogP contribution >= 0.6 is 0 Å². The smallest absolute Gasteiger partial charge is 0.225 e. The van der Waals surface area contributed by atoms with Gasteiger partial charge in [-0.3, -0.25) is 0 Å². The Labute approximate surface area is 114 Å². The fourth-order valence-electron chi connectivity index (χ4n) is 2.47. The molecule has 1 aromatic heterocycles. The number of aryl methyl sites for hydroxylation is 1. The molecule has 1 fully saturated rings. The number of aromatic nitrogens is 2. The van der Waals surface area contributed by atoms with E-state index < -0.39 is 0 Å². The molecule has 5 heteroatoms. The predicted molar refractivity (Wildman–Crippen MR) is 74.3 cm³/mol. The Morgan fingerprint density at radius 2 is 1.95 bits per heavy atom. The summed E-state index contributed by atoms with van der Waals surface area (Å²) in [5.41, 5.74) is 1.06. The second kappa shape index (κ2) is 6.30. The fraction of sp³-hybridized carbons (Fsp3) is 0.714. The molecule has 0 spiro atoms. The molecule has 0 aliphatic carbocycles. The van der Waals surface area contributed by atoms with Crippen LogP contribution in [0.15, 0.2) is 12.4 Å². The quantitative estimate of drug-likeness (QED) is 0.868. The third-order valence-corrected chi connectivity index (χ3v) is 3.90. The number of hydrogen-bond donors (Lipinski definition) is 1. The van der Waals surface area contributed by atoms with Crippen LogP contribution in [-0.4, -0.2) is 48.5 Å². The Kier molecular flexibility index (Phi) is 4.71. The number of hydrogen-bond acceptors (Lipinski definition) is 5. The Morgan fingerprint density at radius 1 is 1.32 bits per heavy atom. The van der Waals surface area contributed by atoms with Crippen molar-refractivity contribution < 1.29 is 9.84 Å². The minimum absolute atomic E-state index is 0.0835. The molecular formula is C14H23N3O2. The van der Waals surface area contributed by atoms with Crippen molar-refractivity contribution in [3.8, 4) is 0 Å². The highest BCUT2D eigenvalue weighted by Gasteiger charge is 2.33. The van der Waals surface area contributed by atoms with Crippen molar-refractivity contribution in [1.82, 2.24) is 9.97 Å². The lowest BCUT2D eigenvalue weighted by Gasteiger charge is -2.38. The van der Waals surface area contributed by atoms with Crippen molar-refractivity contribution in [2.75, 3.05) is 38.3 Å². The molecule has 1 aromatic rings. The van der Waals surface area contributed by atoms with E-state index in [2.05, 4.69) is 16.9 Å². The van der Waals surface area contributed by atoms with Gasteiger partial charge in [-0.1, -0.05) is 6.92 Å². The summed E-state index contributed by atoms with van der Waals surface area (Å²) in [5.74, 6) is 0.719. The van der Waals surface area contributed by atoms with E-state index >= 15 is 0 Å². The van der Waals surface area contributed by atoms with Crippen LogP contribution in [0.25, 0.3) is 0 Å². The van der Waals surface area contributed by atoms with Crippen LogP contribution in [0.4, 0.5) is 5.95 Å². The number of rotatable bonds is 5. The van der Waals surface area contributed by atoms with E-state index in [-0.39, 0.29) is 12.0 Å². The van der Waals surface area contributed by atoms with Gasteiger partial charge in [-0.15, -0.1) is 0 Å². The number of nitrogens with zero attached hydrogens (tertiary/aromatic N) is 3. The molecule has 5 nitrogen and oxygen atoms in total. The second-order valence-corrected chi connectivity index (χ2v) is 5.37. The Balaban J connectivity index is 2.03. The van der Waals surface area contributed by atoms with Crippen LogP contribution in [0.1, 0.15) is 25.3 Å². The standard InChI is InChI=1S/C14H23N3O2/c1-3-12-8-15-13(16-9-12)17(2)10-14(11-18)4-6-19-7-5-14/h8-9,18H,3-7,10-11H2,1-2H3. The van der Waals surface area contributed by atoms with Gasteiger partial charge in [0.25, 0.3) is 0 Å². The third kappa shape index (κ3) is 3.42. The SMILES string of the molecule is CCc1cnc(N(C)CC2(CO)CCOCC2)nc1. The van der Waals surface area contributed by atoms with Gasteiger partial charge in [-0.2, -0.15) is 0 Å². The van der Waals surface area contributed by atoms with Crippen molar-refractivity contribution in [3.63, 3.8) is 0 Å². The fourth-order valence-corrected chi connectivity index (χ4v) is 2.47. The summed E-state index contributed by atoms with van der Waals surface area (Å²) in [4.78, 5) is 10.8. The van der Waals surface area contributed by atoms with Gasteiger partial charge >= 0.3 is 0 Å². The number of aliphatic hydroxyl groups is 1. The maximum absolute atomic E-state index is 9.70. The highest BCUT2D eigenvalue weighted by atomic mass is 16.5. The maximum atomic E-state index is 9.70. The first-order valence-corrected chi connectivity index (χ1v) is 6.90. The molecule has 0 atom stereocenters. The van der Waals surface area contributed by atoms with Gasteiger partial charge in [0.05, 0.1) is 6.61 Å². The minimum atomic E-state index is -0.0835. The lowest BCUT2D eigenvalue weighted by molar-refractivity contribution is -0.0114. The highest BCUT2D eigenvalue weighted by molar-refractivity contribution is 5.29. The predicted octanol–water partition coefficient (Wildman–Crippen LogP) is 1.26. The molecule has 0 bridgehead atoms. The van der Waals surface area contributed by atoms with Crippen LogP contribution in [0.2, 0.25) is 0 Å². The van der Waals surface area contributed by atoms with Crippen LogP contribution < -0.4 is 4.90 Å². The van der Waals surface area contributed by atoms with E-state index in [1.807, 2.05) is 24.3 Å². The first-order valence-electron chi connectivity index (χ1n) is 6.90. The molecule has 1 aliphatic rings. The van der Waals surface area contributed by atoms with E-state index in [0.717, 1.165) is 50.5 Å². The summed E-state index contributed by atoms with van der Waals surface area (Å²) < 4.78 is 5.38. The molecule has 2 rings (SSSR count). The molecule has 19 heavy (non-hydrogen) atoms. The lowest BCUT2D eigenvalue weighted by Crippen LogP contribution is -2.43. The van der Waals surface area contributed by atoms with Crippen molar-refractivity contribution in [3.05, 3.63) is 18.0 Å². The summed E-state index contributed by atoms with van der Waals surface area (Å²) in [6, 6.07) is 0. The number of anilines is 1. The Bertz CT molecular complexity index is 388. The highest BCUT2D eigenvalue weighted by Crippen LogP contribution is 2.31. The minimum Gasteiger partial charge on any atom is -0.396 e. The zero-order valence-electron chi connectivity index (χ0n) is 11.8. The van der Waals surface area contributed by atoms with E-state index in [1.165, 1.54) is 0 Å². The van der Waals surface area contributed by atoms with Crippen LogP contribution in [0.3, 0.4) is 0 Å². The van der Waals surface area contributed by atoms with Crippen molar-refractivity contribution in [1.29, 1.82) is 0 Å². The van der Waals surface area contributed by atoms with E-state index in [9.17, 15) is 5.11 Å². The normalized spacial score (nSPS) is 18.3.